The van der Waals surface area contributed by atoms with Crippen molar-refractivity contribution in [3.8, 4) is 28.4 Å². The molecule has 2 aromatic carbocycles. The highest BCUT2D eigenvalue weighted by Gasteiger charge is 2.34. The van der Waals surface area contributed by atoms with Gasteiger partial charge in [-0.1, -0.05) is 23.2 Å². The van der Waals surface area contributed by atoms with Crippen LogP contribution in [-0.2, 0) is 16.1 Å². The number of ether oxygens (including phenoxy) is 3. The highest BCUT2D eigenvalue weighted by Crippen LogP contribution is 2.45. The van der Waals surface area contributed by atoms with Crippen molar-refractivity contribution in [1.29, 1.82) is 5.41 Å². The molecule has 0 radical (unpaired) electrons. The Bertz CT molecular complexity index is 1540. The van der Waals surface area contributed by atoms with Crippen molar-refractivity contribution in [3.05, 3.63) is 63.4 Å². The summed E-state index contributed by atoms with van der Waals surface area (Å²) in [6.45, 7) is 5.83. The van der Waals surface area contributed by atoms with Gasteiger partial charge in [0.25, 0.3) is 5.91 Å². The van der Waals surface area contributed by atoms with Crippen LogP contribution in [0.5, 0.6) is 11.5 Å². The van der Waals surface area contributed by atoms with Gasteiger partial charge in [-0.2, -0.15) is 5.10 Å². The number of benzene rings is 2. The zero-order valence-corrected chi connectivity index (χ0v) is 25.1. The van der Waals surface area contributed by atoms with Gasteiger partial charge in [-0.05, 0) is 45.0 Å². The minimum atomic E-state index is -0.456. The van der Waals surface area contributed by atoms with E-state index in [-0.39, 0.29) is 24.8 Å². The Morgan fingerprint density at radius 1 is 1.17 bits per heavy atom. The van der Waals surface area contributed by atoms with Crippen molar-refractivity contribution < 1.29 is 23.8 Å². The lowest BCUT2D eigenvalue weighted by molar-refractivity contribution is -0.139. The van der Waals surface area contributed by atoms with Gasteiger partial charge in [-0.25, -0.2) is 4.68 Å². The third kappa shape index (κ3) is 6.03. The molecule has 2 heterocycles. The summed E-state index contributed by atoms with van der Waals surface area (Å²) in [6.07, 6.45) is 2.67. The molecule has 3 aromatic rings. The summed E-state index contributed by atoms with van der Waals surface area (Å²) < 4.78 is 18.1. The number of hydrogen-bond donors (Lipinski definition) is 2. The van der Waals surface area contributed by atoms with E-state index in [1.54, 1.807) is 47.0 Å². The van der Waals surface area contributed by atoms with Gasteiger partial charge in [0.15, 0.2) is 5.69 Å². The number of carbonyl (C=O) groups is 2. The molecular formula is C29H31Cl2N5O5. The number of fused-ring (bicyclic) bond motifs is 3. The quantitative estimate of drug-likeness (QED) is 0.264. The molecule has 1 aliphatic rings. The number of carbonyl (C=O) groups excluding carboxylic acids is 2. The molecule has 0 bridgehead atoms. The van der Waals surface area contributed by atoms with Gasteiger partial charge >= 0.3 is 5.97 Å². The molecule has 1 aliphatic heterocycles. The lowest BCUT2D eigenvalue weighted by atomic mass is 9.96. The molecule has 41 heavy (non-hydrogen) atoms. The van der Waals surface area contributed by atoms with Gasteiger partial charge < -0.3 is 29.8 Å². The zero-order chi connectivity index (χ0) is 30.1. The Hall–Kier alpha value is -4.02. The van der Waals surface area contributed by atoms with Crippen LogP contribution in [0.3, 0.4) is 0 Å². The number of allylic oxidation sites excluding steroid dienone is 1. The summed E-state index contributed by atoms with van der Waals surface area (Å²) in [7, 11) is 4.54. The fraction of sp³-hybridized carbons (Fsp3) is 0.310. The molecule has 0 saturated heterocycles. The van der Waals surface area contributed by atoms with Crippen molar-refractivity contribution in [2.75, 3.05) is 27.8 Å². The highest BCUT2D eigenvalue weighted by molar-refractivity contribution is 6.34. The number of amides is 1. The smallest absolute Gasteiger partial charge is 0.325 e. The van der Waals surface area contributed by atoms with Crippen LogP contribution in [0, 0.1) is 5.41 Å². The van der Waals surface area contributed by atoms with Gasteiger partial charge in [0, 0.05) is 63.4 Å². The predicted octanol–water partition coefficient (Wildman–Crippen LogP) is 5.37. The van der Waals surface area contributed by atoms with Crippen molar-refractivity contribution in [3.63, 3.8) is 0 Å². The van der Waals surface area contributed by atoms with E-state index in [2.05, 4.69) is 10.1 Å². The number of nitrogens with one attached hydrogen (secondary N) is 2. The van der Waals surface area contributed by atoms with Crippen LogP contribution in [0.15, 0.2) is 36.5 Å². The van der Waals surface area contributed by atoms with Gasteiger partial charge in [0.2, 0.25) is 0 Å². The first kappa shape index (κ1) is 30.0. The third-order valence-corrected chi connectivity index (χ3v) is 7.15. The molecule has 216 valence electrons. The molecule has 0 aliphatic carbocycles. The highest BCUT2D eigenvalue weighted by atomic mass is 35.5. The molecule has 0 fully saturated rings. The summed E-state index contributed by atoms with van der Waals surface area (Å²) >= 11 is 12.7. The Kier molecular flexibility index (Phi) is 8.65. The summed E-state index contributed by atoms with van der Waals surface area (Å²) in [5, 5.41) is 16.5. The van der Waals surface area contributed by atoms with Crippen molar-refractivity contribution >= 4 is 46.9 Å². The number of halogens is 2. The number of aromatic nitrogens is 2. The maximum absolute atomic E-state index is 13.7. The molecular weight excluding hydrogens is 569 g/mol. The zero-order valence-electron chi connectivity index (χ0n) is 23.6. The minimum absolute atomic E-state index is 0.0799. The number of hydrogen-bond acceptors (Lipinski definition) is 8. The van der Waals surface area contributed by atoms with E-state index in [9.17, 15) is 9.59 Å². The summed E-state index contributed by atoms with van der Waals surface area (Å²) in [4.78, 5) is 26.9. The molecule has 12 heteroatoms. The molecule has 2 N–H and O–H groups in total. The van der Waals surface area contributed by atoms with Crippen molar-refractivity contribution in [2.45, 2.75) is 32.9 Å². The van der Waals surface area contributed by atoms with E-state index in [0.29, 0.717) is 55.2 Å². The van der Waals surface area contributed by atoms with Crippen LogP contribution in [0.2, 0.25) is 10.0 Å². The first-order valence-corrected chi connectivity index (χ1v) is 13.4. The molecule has 0 unspecified atom stereocenters. The van der Waals surface area contributed by atoms with Gasteiger partial charge in [0.1, 0.15) is 24.7 Å². The molecule has 0 atom stereocenters. The van der Waals surface area contributed by atoms with Crippen LogP contribution in [0.4, 0.5) is 0 Å². The summed E-state index contributed by atoms with van der Waals surface area (Å²) in [5.74, 6) is 0.223. The van der Waals surface area contributed by atoms with Crippen molar-refractivity contribution in [1.82, 2.24) is 20.0 Å². The Balaban J connectivity index is 1.96. The SMILES string of the molecule is COC(=O)CN/C=C(\C=N)c1cc2c(cc1OC)OCc1c(C(=O)N(C)C(C)(C)C)nn(-c3cc(Cl)cc(Cl)c3)c1-2. The number of methoxy groups -OCH3 is 2. The number of nitrogens with zero attached hydrogens (tertiary/aromatic N) is 3. The summed E-state index contributed by atoms with van der Waals surface area (Å²) in [5.41, 5.74) is 3.14. The molecule has 4 rings (SSSR count). The second-order valence-corrected chi connectivity index (χ2v) is 11.2. The predicted molar refractivity (Wildman–Crippen MR) is 159 cm³/mol. The maximum Gasteiger partial charge on any atom is 0.325 e. The van der Waals surface area contributed by atoms with Gasteiger partial charge in [0.05, 0.1) is 25.6 Å². The average Bonchev–Trinajstić information content (AvgIpc) is 3.33. The topological polar surface area (TPSA) is 119 Å². The Morgan fingerprint density at radius 3 is 2.44 bits per heavy atom. The van der Waals surface area contributed by atoms with Crippen LogP contribution in [0.25, 0.3) is 22.5 Å². The van der Waals surface area contributed by atoms with E-state index >= 15 is 0 Å². The van der Waals surface area contributed by atoms with E-state index < -0.39 is 11.5 Å². The van der Waals surface area contributed by atoms with E-state index in [1.807, 2.05) is 20.8 Å². The lowest BCUT2D eigenvalue weighted by Gasteiger charge is -2.31. The largest absolute Gasteiger partial charge is 0.496 e. The molecule has 10 nitrogen and oxygen atoms in total. The van der Waals surface area contributed by atoms with E-state index in [4.69, 9.17) is 43.2 Å². The van der Waals surface area contributed by atoms with Crippen molar-refractivity contribution in [2.24, 2.45) is 0 Å². The minimum Gasteiger partial charge on any atom is -0.496 e. The normalized spacial score (nSPS) is 12.5. The van der Waals surface area contributed by atoms with E-state index in [1.165, 1.54) is 20.4 Å². The fourth-order valence-electron chi connectivity index (χ4n) is 4.27. The van der Waals surface area contributed by atoms with Crippen LogP contribution < -0.4 is 14.8 Å². The van der Waals surface area contributed by atoms with Gasteiger partial charge in [-0.15, -0.1) is 0 Å². The molecule has 1 aromatic heterocycles. The van der Waals surface area contributed by atoms with Crippen LogP contribution in [-0.4, -0.2) is 66.1 Å². The standard InChI is InChI=1S/C29H31Cl2N5O5/c1-29(2,3)35(4)28(38)26-22-15-41-24-11-23(39-5)20(16(12-32)13-33-14-25(37)40-6)10-21(24)27(22)36(34-26)19-8-17(30)7-18(31)9-19/h7-13,32-33H,14-15H2,1-6H3/b16-13+,32-12?. The first-order valence-electron chi connectivity index (χ1n) is 12.6. The fourth-order valence-corrected chi connectivity index (χ4v) is 4.79. The summed E-state index contributed by atoms with van der Waals surface area (Å²) in [6, 6.07) is 8.55. The second-order valence-electron chi connectivity index (χ2n) is 10.3. The van der Waals surface area contributed by atoms with E-state index in [0.717, 1.165) is 6.21 Å². The van der Waals surface area contributed by atoms with Crippen LogP contribution in [0.1, 0.15) is 42.4 Å². The van der Waals surface area contributed by atoms with Crippen LogP contribution >= 0.6 is 23.2 Å². The molecule has 0 saturated carbocycles. The number of esters is 1. The first-order chi connectivity index (χ1) is 19.4. The van der Waals surface area contributed by atoms with Gasteiger partial charge in [-0.3, -0.25) is 9.59 Å². The Labute approximate surface area is 248 Å². The molecule has 1 amide bonds. The average molecular weight is 601 g/mol. The second kappa shape index (κ2) is 11.8. The Morgan fingerprint density at radius 2 is 1.85 bits per heavy atom. The lowest BCUT2D eigenvalue weighted by Crippen LogP contribution is -2.43. The maximum atomic E-state index is 13.7. The monoisotopic (exact) mass is 599 g/mol. The third-order valence-electron chi connectivity index (χ3n) is 6.72. The molecule has 0 spiro atoms. The number of rotatable bonds is 8.